The number of hydrogen-bond donors (Lipinski definition) is 2. The summed E-state index contributed by atoms with van der Waals surface area (Å²) in [6.45, 7) is 3.87. The van der Waals surface area contributed by atoms with E-state index in [1.807, 2.05) is 18.2 Å². The van der Waals surface area contributed by atoms with Crippen molar-refractivity contribution in [2.75, 3.05) is 5.32 Å². The smallest absolute Gasteiger partial charge is 0.253 e. The number of para-hydroxylation sites is 1. The highest BCUT2D eigenvalue weighted by molar-refractivity contribution is 6.09. The average molecular weight is 359 g/mol. The molecule has 0 atom stereocenters. The highest BCUT2D eigenvalue weighted by atomic mass is 16.2. The zero-order valence-electron chi connectivity index (χ0n) is 15.4. The molecule has 0 bridgehead atoms. The Balaban J connectivity index is 1.62. The molecule has 4 aromatic rings. The first kappa shape index (κ1) is 17.1. The van der Waals surface area contributed by atoms with Crippen LogP contribution in [-0.4, -0.2) is 15.5 Å². The molecule has 0 radical (unpaired) electrons. The fourth-order valence-corrected chi connectivity index (χ4v) is 3.50. The van der Waals surface area contributed by atoms with E-state index in [2.05, 4.69) is 35.4 Å². The van der Waals surface area contributed by atoms with E-state index in [0.717, 1.165) is 22.8 Å². The van der Waals surface area contributed by atoms with Crippen LogP contribution in [0.2, 0.25) is 0 Å². The van der Waals surface area contributed by atoms with Crippen molar-refractivity contribution < 1.29 is 4.79 Å². The zero-order chi connectivity index (χ0) is 19.0. The summed E-state index contributed by atoms with van der Waals surface area (Å²) in [6.07, 6.45) is 2.58. The molecule has 0 aliphatic rings. The zero-order valence-corrected chi connectivity index (χ0v) is 15.4. The van der Waals surface area contributed by atoms with Crippen LogP contribution in [0.3, 0.4) is 0 Å². The molecule has 0 spiro atoms. The number of rotatable bonds is 4. The molecule has 2 N–H and O–H groups in total. The van der Waals surface area contributed by atoms with E-state index in [0.29, 0.717) is 11.3 Å². The Bertz CT molecular complexity index is 1220. The molecule has 27 heavy (non-hydrogen) atoms. The van der Waals surface area contributed by atoms with Crippen molar-refractivity contribution in [2.45, 2.75) is 26.8 Å². The number of benzene rings is 2. The first-order valence-electron chi connectivity index (χ1n) is 9.06. The Morgan fingerprint density at radius 2 is 1.96 bits per heavy atom. The van der Waals surface area contributed by atoms with Gasteiger partial charge in [-0.05, 0) is 37.1 Å². The van der Waals surface area contributed by atoms with Crippen molar-refractivity contribution in [3.05, 3.63) is 76.2 Å². The van der Waals surface area contributed by atoms with Gasteiger partial charge < -0.3 is 14.9 Å². The highest BCUT2D eigenvalue weighted by Crippen LogP contribution is 2.29. The summed E-state index contributed by atoms with van der Waals surface area (Å²) < 4.78 is 1.42. The molecule has 0 aliphatic heterocycles. The minimum absolute atomic E-state index is 0.00870. The summed E-state index contributed by atoms with van der Waals surface area (Å²) >= 11 is 0. The van der Waals surface area contributed by atoms with Gasteiger partial charge in [0.2, 0.25) is 5.91 Å². The minimum Gasteiger partial charge on any atom is -0.354 e. The molecule has 2 heterocycles. The number of pyridine rings is 1. The third kappa shape index (κ3) is 3.12. The second kappa shape index (κ2) is 6.76. The molecule has 5 heteroatoms. The van der Waals surface area contributed by atoms with Gasteiger partial charge in [-0.25, -0.2) is 0 Å². The number of aromatic amines is 1. The maximum Gasteiger partial charge on any atom is 0.253 e. The fourth-order valence-electron chi connectivity index (χ4n) is 3.50. The van der Waals surface area contributed by atoms with Crippen molar-refractivity contribution in [2.24, 2.45) is 0 Å². The molecule has 0 unspecified atom stereocenters. The molecule has 0 fully saturated rings. The largest absolute Gasteiger partial charge is 0.354 e. The number of fused-ring (bicyclic) bond motifs is 3. The molecule has 0 saturated carbocycles. The van der Waals surface area contributed by atoms with Crippen LogP contribution >= 0.6 is 0 Å². The SMILES string of the molecule is CCc1cccc2c1[nH]c1cc(NC(=O)Cn3cccc(C)c3=O)ccc12. The number of amides is 1. The lowest BCUT2D eigenvalue weighted by Gasteiger charge is -2.08. The number of hydrogen-bond acceptors (Lipinski definition) is 2. The van der Waals surface area contributed by atoms with Gasteiger partial charge in [0.1, 0.15) is 6.54 Å². The minimum atomic E-state index is -0.229. The average Bonchev–Trinajstić information content (AvgIpc) is 3.03. The van der Waals surface area contributed by atoms with Gasteiger partial charge in [-0.3, -0.25) is 9.59 Å². The number of aryl methyl sites for hydroxylation is 2. The number of anilines is 1. The van der Waals surface area contributed by atoms with Crippen LogP contribution in [0.25, 0.3) is 21.8 Å². The topological polar surface area (TPSA) is 66.9 Å². The van der Waals surface area contributed by atoms with E-state index >= 15 is 0 Å². The molecule has 1 amide bonds. The first-order chi connectivity index (χ1) is 13.1. The Morgan fingerprint density at radius 3 is 2.78 bits per heavy atom. The standard InChI is InChI=1S/C22H21N3O2/c1-3-15-7-4-8-18-17-10-9-16(12-19(17)24-21(15)18)23-20(26)13-25-11-5-6-14(2)22(25)27/h4-12,24H,3,13H2,1-2H3,(H,23,26). The third-order valence-electron chi connectivity index (χ3n) is 4.91. The molecular formula is C22H21N3O2. The van der Waals surface area contributed by atoms with Gasteiger partial charge in [-0.1, -0.05) is 37.3 Å². The van der Waals surface area contributed by atoms with E-state index < -0.39 is 0 Å². The maximum absolute atomic E-state index is 12.4. The molecule has 2 aromatic heterocycles. The number of nitrogens with zero attached hydrogens (tertiary/aromatic N) is 1. The maximum atomic E-state index is 12.4. The molecule has 5 nitrogen and oxygen atoms in total. The number of aromatic nitrogens is 2. The van der Waals surface area contributed by atoms with Crippen molar-refractivity contribution in [1.82, 2.24) is 9.55 Å². The summed E-state index contributed by atoms with van der Waals surface area (Å²) in [5, 5.41) is 5.20. The molecule has 136 valence electrons. The predicted octanol–water partition coefficient (Wildman–Crippen LogP) is 3.99. The van der Waals surface area contributed by atoms with E-state index in [4.69, 9.17) is 0 Å². The summed E-state index contributed by atoms with van der Waals surface area (Å²) in [5.41, 5.74) is 4.58. The van der Waals surface area contributed by atoms with Crippen LogP contribution in [0.5, 0.6) is 0 Å². The van der Waals surface area contributed by atoms with Crippen LogP contribution in [0.1, 0.15) is 18.1 Å². The van der Waals surface area contributed by atoms with Crippen molar-refractivity contribution in [1.29, 1.82) is 0 Å². The Kier molecular flexibility index (Phi) is 4.28. The lowest BCUT2D eigenvalue weighted by Crippen LogP contribution is -2.28. The van der Waals surface area contributed by atoms with Gasteiger partial charge in [-0.2, -0.15) is 0 Å². The molecule has 4 rings (SSSR count). The third-order valence-corrected chi connectivity index (χ3v) is 4.91. The molecule has 2 aromatic carbocycles. The summed E-state index contributed by atoms with van der Waals surface area (Å²) in [6, 6.07) is 15.7. The predicted molar refractivity (Wildman–Crippen MR) is 109 cm³/mol. The summed E-state index contributed by atoms with van der Waals surface area (Å²) in [5.74, 6) is -0.229. The van der Waals surface area contributed by atoms with Crippen LogP contribution in [0.15, 0.2) is 59.5 Å². The van der Waals surface area contributed by atoms with Crippen LogP contribution < -0.4 is 10.9 Å². The lowest BCUT2D eigenvalue weighted by molar-refractivity contribution is -0.116. The number of carbonyl (C=O) groups is 1. The van der Waals surface area contributed by atoms with Gasteiger partial charge in [0, 0.05) is 39.3 Å². The molecule has 0 aliphatic carbocycles. The van der Waals surface area contributed by atoms with Crippen molar-refractivity contribution in [3.63, 3.8) is 0 Å². The van der Waals surface area contributed by atoms with Gasteiger partial charge in [0.25, 0.3) is 5.56 Å². The number of nitrogens with one attached hydrogen (secondary N) is 2. The first-order valence-corrected chi connectivity index (χ1v) is 9.06. The Labute approximate surface area is 156 Å². The second-order valence-corrected chi connectivity index (χ2v) is 6.75. The Hall–Kier alpha value is -3.34. The number of H-pyrrole nitrogens is 1. The van der Waals surface area contributed by atoms with Crippen LogP contribution in [0, 0.1) is 6.92 Å². The van der Waals surface area contributed by atoms with E-state index in [1.54, 1.807) is 25.3 Å². The molecular weight excluding hydrogens is 338 g/mol. The quantitative estimate of drug-likeness (QED) is 0.578. The highest BCUT2D eigenvalue weighted by Gasteiger charge is 2.10. The second-order valence-electron chi connectivity index (χ2n) is 6.75. The molecule has 0 saturated heterocycles. The van der Waals surface area contributed by atoms with E-state index in [9.17, 15) is 9.59 Å². The van der Waals surface area contributed by atoms with Gasteiger partial charge in [-0.15, -0.1) is 0 Å². The van der Waals surface area contributed by atoms with Crippen molar-refractivity contribution >= 4 is 33.4 Å². The summed E-state index contributed by atoms with van der Waals surface area (Å²) in [7, 11) is 0. The monoisotopic (exact) mass is 359 g/mol. The Morgan fingerprint density at radius 1 is 1.11 bits per heavy atom. The summed E-state index contributed by atoms with van der Waals surface area (Å²) in [4.78, 5) is 27.9. The van der Waals surface area contributed by atoms with Gasteiger partial charge >= 0.3 is 0 Å². The van der Waals surface area contributed by atoms with Gasteiger partial charge in [0.15, 0.2) is 0 Å². The number of carbonyl (C=O) groups excluding carboxylic acids is 1. The van der Waals surface area contributed by atoms with Crippen LogP contribution in [-0.2, 0) is 17.8 Å². The van der Waals surface area contributed by atoms with Crippen LogP contribution in [0.4, 0.5) is 5.69 Å². The van der Waals surface area contributed by atoms with Gasteiger partial charge in [0.05, 0.1) is 0 Å². The fraction of sp³-hybridized carbons (Fsp3) is 0.182. The van der Waals surface area contributed by atoms with E-state index in [-0.39, 0.29) is 18.0 Å². The lowest BCUT2D eigenvalue weighted by atomic mass is 10.1. The van der Waals surface area contributed by atoms with E-state index in [1.165, 1.54) is 15.5 Å². The van der Waals surface area contributed by atoms with Crippen molar-refractivity contribution in [3.8, 4) is 0 Å². The normalized spacial score (nSPS) is 11.2.